The Hall–Kier alpha value is -2.97. The molecule has 136 valence electrons. The standard InChI is InChI=1S/C18H14ClN5O2S/c1-11-21-22-18-24(11)23-17(27-18)12-2-6-14(7-3-12)20-16(25)10-26-15-8-4-13(19)5-9-15/h2-9H,10H2,1H3,(H,20,25). The predicted molar refractivity (Wildman–Crippen MR) is 104 cm³/mol. The van der Waals surface area contributed by atoms with Crippen LogP contribution in [-0.4, -0.2) is 32.3 Å². The Bertz CT molecular complexity index is 1090. The van der Waals surface area contributed by atoms with Gasteiger partial charge in [0.2, 0.25) is 4.96 Å². The van der Waals surface area contributed by atoms with Crippen LogP contribution in [-0.2, 0) is 4.79 Å². The quantitative estimate of drug-likeness (QED) is 0.551. The summed E-state index contributed by atoms with van der Waals surface area (Å²) in [7, 11) is 0. The van der Waals surface area contributed by atoms with E-state index in [2.05, 4.69) is 20.6 Å². The Balaban J connectivity index is 1.38. The Labute approximate surface area is 163 Å². The fourth-order valence-corrected chi connectivity index (χ4v) is 3.42. The van der Waals surface area contributed by atoms with Crippen LogP contribution in [0.4, 0.5) is 5.69 Å². The molecule has 2 aromatic heterocycles. The summed E-state index contributed by atoms with van der Waals surface area (Å²) < 4.78 is 7.14. The van der Waals surface area contributed by atoms with Crippen LogP contribution in [0.1, 0.15) is 5.82 Å². The van der Waals surface area contributed by atoms with Crippen LogP contribution in [0.15, 0.2) is 48.5 Å². The summed E-state index contributed by atoms with van der Waals surface area (Å²) >= 11 is 7.28. The zero-order valence-corrected chi connectivity index (χ0v) is 15.8. The number of benzene rings is 2. The molecule has 9 heteroatoms. The Morgan fingerprint density at radius 1 is 1.15 bits per heavy atom. The molecule has 0 aliphatic rings. The Morgan fingerprint density at radius 2 is 1.89 bits per heavy atom. The van der Waals surface area contributed by atoms with Crippen LogP contribution in [0, 0.1) is 6.92 Å². The van der Waals surface area contributed by atoms with Gasteiger partial charge in [0.25, 0.3) is 5.91 Å². The highest BCUT2D eigenvalue weighted by Crippen LogP contribution is 2.26. The van der Waals surface area contributed by atoms with Crippen molar-refractivity contribution in [2.75, 3.05) is 11.9 Å². The number of nitrogens with one attached hydrogen (secondary N) is 1. The summed E-state index contributed by atoms with van der Waals surface area (Å²) in [5.41, 5.74) is 1.63. The molecule has 0 bridgehead atoms. The van der Waals surface area contributed by atoms with Crippen molar-refractivity contribution in [1.82, 2.24) is 19.8 Å². The molecule has 0 radical (unpaired) electrons. The first kappa shape index (κ1) is 17.4. The van der Waals surface area contributed by atoms with Crippen molar-refractivity contribution in [2.24, 2.45) is 0 Å². The molecule has 0 aliphatic carbocycles. The number of hydrogen-bond acceptors (Lipinski definition) is 6. The minimum atomic E-state index is -0.243. The first-order chi connectivity index (χ1) is 13.1. The lowest BCUT2D eigenvalue weighted by molar-refractivity contribution is -0.118. The van der Waals surface area contributed by atoms with Crippen LogP contribution in [0.25, 0.3) is 15.5 Å². The highest BCUT2D eigenvalue weighted by Gasteiger charge is 2.11. The van der Waals surface area contributed by atoms with E-state index in [4.69, 9.17) is 16.3 Å². The van der Waals surface area contributed by atoms with E-state index in [0.29, 0.717) is 16.5 Å². The van der Waals surface area contributed by atoms with Gasteiger partial charge in [-0.15, -0.1) is 10.2 Å². The topological polar surface area (TPSA) is 81.4 Å². The van der Waals surface area contributed by atoms with E-state index < -0.39 is 0 Å². The van der Waals surface area contributed by atoms with Gasteiger partial charge in [-0.25, -0.2) is 0 Å². The van der Waals surface area contributed by atoms with Crippen LogP contribution < -0.4 is 10.1 Å². The van der Waals surface area contributed by atoms with Crippen molar-refractivity contribution in [3.63, 3.8) is 0 Å². The van der Waals surface area contributed by atoms with Crippen molar-refractivity contribution in [3.8, 4) is 16.3 Å². The molecule has 0 spiro atoms. The van der Waals surface area contributed by atoms with E-state index in [1.807, 2.05) is 31.2 Å². The van der Waals surface area contributed by atoms with Gasteiger partial charge in [0.15, 0.2) is 12.4 Å². The molecule has 1 amide bonds. The number of carbonyl (C=O) groups excluding carboxylic acids is 1. The van der Waals surface area contributed by atoms with Gasteiger partial charge >= 0.3 is 0 Å². The Kier molecular flexibility index (Phi) is 4.74. The van der Waals surface area contributed by atoms with E-state index in [0.717, 1.165) is 21.4 Å². The van der Waals surface area contributed by atoms with Crippen molar-refractivity contribution >= 4 is 39.5 Å². The van der Waals surface area contributed by atoms with Gasteiger partial charge in [0.1, 0.15) is 10.8 Å². The third-order valence-corrected chi connectivity index (χ3v) is 4.95. The predicted octanol–water partition coefficient (Wildman–Crippen LogP) is 3.83. The first-order valence-electron chi connectivity index (χ1n) is 8.06. The highest BCUT2D eigenvalue weighted by molar-refractivity contribution is 7.19. The van der Waals surface area contributed by atoms with E-state index in [-0.39, 0.29) is 12.5 Å². The maximum absolute atomic E-state index is 12.0. The lowest BCUT2D eigenvalue weighted by Gasteiger charge is -2.08. The fraction of sp³-hybridized carbons (Fsp3) is 0.111. The SMILES string of the molecule is Cc1nnc2sc(-c3ccc(NC(=O)COc4ccc(Cl)cc4)cc3)nn12. The van der Waals surface area contributed by atoms with E-state index in [9.17, 15) is 4.79 Å². The molecule has 0 aliphatic heterocycles. The lowest BCUT2D eigenvalue weighted by Crippen LogP contribution is -2.20. The number of anilines is 1. The summed E-state index contributed by atoms with van der Waals surface area (Å²) in [6.45, 7) is 1.77. The van der Waals surface area contributed by atoms with Crippen LogP contribution in [0.5, 0.6) is 5.75 Å². The highest BCUT2D eigenvalue weighted by atomic mass is 35.5. The minimum Gasteiger partial charge on any atom is -0.484 e. The largest absolute Gasteiger partial charge is 0.484 e. The van der Waals surface area contributed by atoms with E-state index in [1.165, 1.54) is 11.3 Å². The number of fused-ring (bicyclic) bond motifs is 1. The Morgan fingerprint density at radius 3 is 2.59 bits per heavy atom. The molecule has 4 aromatic rings. The summed E-state index contributed by atoms with van der Waals surface area (Å²) in [5.74, 6) is 1.09. The number of aryl methyl sites for hydroxylation is 1. The number of rotatable bonds is 5. The molecule has 4 rings (SSSR count). The van der Waals surface area contributed by atoms with Crippen molar-refractivity contribution in [2.45, 2.75) is 6.92 Å². The van der Waals surface area contributed by atoms with E-state index >= 15 is 0 Å². The van der Waals surface area contributed by atoms with Crippen molar-refractivity contribution in [1.29, 1.82) is 0 Å². The molecule has 0 fully saturated rings. The number of carbonyl (C=O) groups is 1. The zero-order chi connectivity index (χ0) is 18.8. The number of halogens is 1. The second kappa shape index (κ2) is 7.34. The summed E-state index contributed by atoms with van der Waals surface area (Å²) in [6, 6.07) is 14.3. The number of aromatic nitrogens is 4. The monoisotopic (exact) mass is 399 g/mol. The maximum Gasteiger partial charge on any atom is 0.262 e. The summed E-state index contributed by atoms with van der Waals surface area (Å²) in [5, 5.41) is 16.8. The summed E-state index contributed by atoms with van der Waals surface area (Å²) in [4.78, 5) is 12.8. The van der Waals surface area contributed by atoms with E-state index in [1.54, 1.807) is 28.8 Å². The van der Waals surface area contributed by atoms with Gasteiger partial charge in [-0.1, -0.05) is 22.9 Å². The van der Waals surface area contributed by atoms with Crippen LogP contribution in [0.3, 0.4) is 0 Å². The number of nitrogens with zero attached hydrogens (tertiary/aromatic N) is 4. The molecule has 0 atom stereocenters. The van der Waals surface area contributed by atoms with Gasteiger partial charge in [-0.2, -0.15) is 9.61 Å². The molecule has 0 saturated heterocycles. The van der Waals surface area contributed by atoms with Gasteiger partial charge in [0.05, 0.1) is 0 Å². The fourth-order valence-electron chi connectivity index (χ4n) is 2.40. The van der Waals surface area contributed by atoms with Gasteiger partial charge in [-0.05, 0) is 55.5 Å². The summed E-state index contributed by atoms with van der Waals surface area (Å²) in [6.07, 6.45) is 0. The third-order valence-electron chi connectivity index (χ3n) is 3.75. The minimum absolute atomic E-state index is 0.0840. The second-order valence-electron chi connectivity index (χ2n) is 5.72. The molecule has 2 aromatic carbocycles. The van der Waals surface area contributed by atoms with Crippen LogP contribution in [0.2, 0.25) is 5.02 Å². The third kappa shape index (κ3) is 3.91. The van der Waals surface area contributed by atoms with Crippen molar-refractivity contribution in [3.05, 3.63) is 59.4 Å². The van der Waals surface area contributed by atoms with Gasteiger partial charge in [0, 0.05) is 16.3 Å². The van der Waals surface area contributed by atoms with Crippen LogP contribution >= 0.6 is 22.9 Å². The molecule has 27 heavy (non-hydrogen) atoms. The second-order valence-corrected chi connectivity index (χ2v) is 7.11. The maximum atomic E-state index is 12.0. The first-order valence-corrected chi connectivity index (χ1v) is 9.25. The molecule has 2 heterocycles. The molecule has 0 unspecified atom stereocenters. The molecule has 0 saturated carbocycles. The zero-order valence-electron chi connectivity index (χ0n) is 14.2. The van der Waals surface area contributed by atoms with Crippen molar-refractivity contribution < 1.29 is 9.53 Å². The molecule has 7 nitrogen and oxygen atoms in total. The average Bonchev–Trinajstić information content (AvgIpc) is 3.24. The number of ether oxygens (including phenoxy) is 1. The normalized spacial score (nSPS) is 10.9. The average molecular weight is 400 g/mol. The molecule has 1 N–H and O–H groups in total. The smallest absolute Gasteiger partial charge is 0.262 e. The molecular formula is C18H14ClN5O2S. The van der Waals surface area contributed by atoms with Gasteiger partial charge < -0.3 is 10.1 Å². The lowest BCUT2D eigenvalue weighted by atomic mass is 10.2. The number of hydrogen-bond donors (Lipinski definition) is 1. The molecular weight excluding hydrogens is 386 g/mol. The van der Waals surface area contributed by atoms with Gasteiger partial charge in [-0.3, -0.25) is 4.79 Å². The number of amides is 1.